The molecule has 1 aliphatic carbocycles. The first-order valence-corrected chi connectivity index (χ1v) is 3.93. The molecule has 0 bridgehead atoms. The molecule has 0 N–H and O–H groups in total. The van der Waals surface area contributed by atoms with Gasteiger partial charge in [0.2, 0.25) is 0 Å². The van der Waals surface area contributed by atoms with Gasteiger partial charge in [0.05, 0.1) is 6.33 Å². The summed E-state index contributed by atoms with van der Waals surface area (Å²) < 4.78 is 1.78. The fourth-order valence-corrected chi connectivity index (χ4v) is 0.544. The highest BCUT2D eigenvalue weighted by atomic mass is 15.0. The summed E-state index contributed by atoms with van der Waals surface area (Å²) in [6.45, 7) is 5.80. The van der Waals surface area contributed by atoms with Gasteiger partial charge in [-0.25, -0.2) is 4.98 Å². The Kier molecular flexibility index (Phi) is 2.90. The second kappa shape index (κ2) is 3.96. The minimum absolute atomic E-state index is 1.08. The van der Waals surface area contributed by atoms with Crippen molar-refractivity contribution in [2.75, 3.05) is 0 Å². The zero-order chi connectivity index (χ0) is 8.10. The van der Waals surface area contributed by atoms with Gasteiger partial charge in [0.15, 0.2) is 0 Å². The van der Waals surface area contributed by atoms with Crippen molar-refractivity contribution in [1.82, 2.24) is 9.55 Å². The Morgan fingerprint density at radius 2 is 2.27 bits per heavy atom. The van der Waals surface area contributed by atoms with Crippen molar-refractivity contribution in [3.05, 3.63) is 25.3 Å². The molecule has 2 rings (SSSR count). The summed E-state index contributed by atoms with van der Waals surface area (Å²) >= 11 is 0. The second-order valence-electron chi connectivity index (χ2n) is 2.87. The normalized spacial score (nSPS) is 15.0. The quantitative estimate of drug-likeness (QED) is 0.601. The van der Waals surface area contributed by atoms with E-state index in [1.165, 1.54) is 12.8 Å². The van der Waals surface area contributed by atoms with Gasteiger partial charge >= 0.3 is 0 Å². The van der Waals surface area contributed by atoms with Gasteiger partial charge in [0.1, 0.15) is 0 Å². The lowest BCUT2D eigenvalue weighted by Crippen LogP contribution is -1.73. The molecule has 0 unspecified atom stereocenters. The zero-order valence-electron chi connectivity index (χ0n) is 6.90. The molecule has 1 saturated carbocycles. The topological polar surface area (TPSA) is 17.8 Å². The predicted molar refractivity (Wildman–Crippen MR) is 47.0 cm³/mol. The number of imidazole rings is 1. The van der Waals surface area contributed by atoms with E-state index >= 15 is 0 Å². The van der Waals surface area contributed by atoms with E-state index in [4.69, 9.17) is 0 Å². The Labute approximate surface area is 67.6 Å². The van der Waals surface area contributed by atoms with Crippen molar-refractivity contribution in [2.45, 2.75) is 19.8 Å². The van der Waals surface area contributed by atoms with E-state index in [-0.39, 0.29) is 0 Å². The molecule has 1 heterocycles. The number of rotatable bonds is 1. The maximum Gasteiger partial charge on any atom is 0.0986 e. The van der Waals surface area contributed by atoms with E-state index in [1.54, 1.807) is 23.3 Å². The molecule has 2 heteroatoms. The number of nitrogens with zero attached hydrogens (tertiary/aromatic N) is 2. The third-order valence-corrected chi connectivity index (χ3v) is 1.60. The molecule has 1 aromatic rings. The molecule has 1 aromatic heterocycles. The van der Waals surface area contributed by atoms with Crippen molar-refractivity contribution < 1.29 is 0 Å². The molecule has 0 atom stereocenters. The molecule has 0 saturated heterocycles. The summed E-state index contributed by atoms with van der Waals surface area (Å²) in [6, 6.07) is 0. The molecule has 1 fully saturated rings. The monoisotopic (exact) mass is 150 g/mol. The molecule has 0 amide bonds. The Morgan fingerprint density at radius 1 is 1.64 bits per heavy atom. The van der Waals surface area contributed by atoms with E-state index < -0.39 is 0 Å². The van der Waals surface area contributed by atoms with Crippen molar-refractivity contribution >= 4 is 6.20 Å². The van der Waals surface area contributed by atoms with Crippen LogP contribution in [0.15, 0.2) is 25.3 Å². The minimum atomic E-state index is 1.08. The smallest absolute Gasteiger partial charge is 0.0986 e. The summed E-state index contributed by atoms with van der Waals surface area (Å²) in [5.74, 6) is 1.08. The lowest BCUT2D eigenvalue weighted by molar-refractivity contribution is 0.983. The molecule has 60 valence electrons. The van der Waals surface area contributed by atoms with Gasteiger partial charge in [-0.1, -0.05) is 26.3 Å². The Bertz CT molecular complexity index is 197. The van der Waals surface area contributed by atoms with Crippen LogP contribution in [0.1, 0.15) is 19.8 Å². The van der Waals surface area contributed by atoms with Crippen LogP contribution in [0.2, 0.25) is 0 Å². The maximum atomic E-state index is 3.78. The lowest BCUT2D eigenvalue weighted by atomic mass is 10.5. The van der Waals surface area contributed by atoms with Crippen LogP contribution in [-0.2, 0) is 0 Å². The molecule has 1 aliphatic rings. The van der Waals surface area contributed by atoms with Gasteiger partial charge in [-0.3, -0.25) is 0 Å². The van der Waals surface area contributed by atoms with Crippen LogP contribution in [0.3, 0.4) is 0 Å². The summed E-state index contributed by atoms with van der Waals surface area (Å²) in [4.78, 5) is 3.78. The van der Waals surface area contributed by atoms with Gasteiger partial charge in [0.25, 0.3) is 0 Å². The zero-order valence-corrected chi connectivity index (χ0v) is 6.90. The van der Waals surface area contributed by atoms with Crippen LogP contribution < -0.4 is 0 Å². The van der Waals surface area contributed by atoms with E-state index in [0.29, 0.717) is 0 Å². The number of hydrogen-bond acceptors (Lipinski definition) is 1. The highest BCUT2D eigenvalue weighted by Gasteiger charge is 2.12. The van der Waals surface area contributed by atoms with Gasteiger partial charge < -0.3 is 4.57 Å². The summed E-state index contributed by atoms with van der Waals surface area (Å²) in [5.41, 5.74) is 0. The van der Waals surface area contributed by atoms with Crippen molar-refractivity contribution in [3.63, 3.8) is 0 Å². The Balaban J connectivity index is 0.000000128. The lowest BCUT2D eigenvalue weighted by Gasteiger charge is -1.80. The summed E-state index contributed by atoms with van der Waals surface area (Å²) in [6.07, 6.45) is 9.88. The van der Waals surface area contributed by atoms with Crippen LogP contribution in [0.5, 0.6) is 0 Å². The molecule has 11 heavy (non-hydrogen) atoms. The SMILES string of the molecule is C=Cn1ccnc1.CC1CC1. The van der Waals surface area contributed by atoms with E-state index in [9.17, 15) is 0 Å². The van der Waals surface area contributed by atoms with Crippen molar-refractivity contribution in [1.29, 1.82) is 0 Å². The highest BCUT2D eigenvalue weighted by Crippen LogP contribution is 2.26. The first kappa shape index (κ1) is 8.05. The van der Waals surface area contributed by atoms with E-state index in [1.807, 2.05) is 6.20 Å². The van der Waals surface area contributed by atoms with Gasteiger partial charge in [0, 0.05) is 18.6 Å². The molecule has 2 nitrogen and oxygen atoms in total. The molecular weight excluding hydrogens is 136 g/mol. The largest absolute Gasteiger partial charge is 0.314 e. The fourth-order valence-electron chi connectivity index (χ4n) is 0.544. The third-order valence-electron chi connectivity index (χ3n) is 1.60. The van der Waals surface area contributed by atoms with Crippen LogP contribution in [-0.4, -0.2) is 9.55 Å². The fraction of sp³-hybridized carbons (Fsp3) is 0.444. The van der Waals surface area contributed by atoms with Crippen molar-refractivity contribution in [3.8, 4) is 0 Å². The van der Waals surface area contributed by atoms with Crippen LogP contribution in [0.4, 0.5) is 0 Å². The van der Waals surface area contributed by atoms with Crippen LogP contribution >= 0.6 is 0 Å². The Hall–Kier alpha value is -1.05. The average molecular weight is 150 g/mol. The van der Waals surface area contributed by atoms with Crippen molar-refractivity contribution in [2.24, 2.45) is 5.92 Å². The molecule has 0 spiro atoms. The van der Waals surface area contributed by atoms with Crippen LogP contribution in [0, 0.1) is 5.92 Å². The molecule has 0 aromatic carbocycles. The highest BCUT2D eigenvalue weighted by molar-refractivity contribution is 5.14. The molecule has 0 radical (unpaired) electrons. The summed E-state index contributed by atoms with van der Waals surface area (Å²) in [7, 11) is 0. The van der Waals surface area contributed by atoms with E-state index in [2.05, 4.69) is 18.5 Å². The van der Waals surface area contributed by atoms with E-state index in [0.717, 1.165) is 5.92 Å². The molecular formula is C9H14N2. The number of aromatic nitrogens is 2. The minimum Gasteiger partial charge on any atom is -0.314 e. The average Bonchev–Trinajstić information content (AvgIpc) is 2.66. The van der Waals surface area contributed by atoms with Gasteiger partial charge in [-0.15, -0.1) is 0 Å². The maximum absolute atomic E-state index is 3.78. The predicted octanol–water partition coefficient (Wildman–Crippen LogP) is 2.40. The van der Waals surface area contributed by atoms with Crippen LogP contribution in [0.25, 0.3) is 6.20 Å². The standard InChI is InChI=1S/C5H6N2.C4H8/c1-2-7-4-3-6-5-7;1-4-2-3-4/h2-5H,1H2;4H,2-3H2,1H3. The molecule has 0 aliphatic heterocycles. The van der Waals surface area contributed by atoms with Gasteiger partial charge in [-0.2, -0.15) is 0 Å². The third kappa shape index (κ3) is 3.61. The first-order valence-electron chi connectivity index (χ1n) is 3.93. The summed E-state index contributed by atoms with van der Waals surface area (Å²) in [5, 5.41) is 0. The number of hydrogen-bond donors (Lipinski definition) is 0. The second-order valence-corrected chi connectivity index (χ2v) is 2.87. The Morgan fingerprint density at radius 3 is 2.45 bits per heavy atom. The first-order chi connectivity index (χ1) is 5.33. The van der Waals surface area contributed by atoms with Gasteiger partial charge in [-0.05, 0) is 5.92 Å².